The first kappa shape index (κ1) is 21.9. The Kier molecular flexibility index (Phi) is 6.95. The Balaban J connectivity index is 1.52. The van der Waals surface area contributed by atoms with Crippen LogP contribution < -0.4 is 10.9 Å². The number of amides is 1. The van der Waals surface area contributed by atoms with Gasteiger partial charge in [0.15, 0.2) is 5.16 Å². The first-order valence-electron chi connectivity index (χ1n) is 10.3. The Labute approximate surface area is 190 Å². The van der Waals surface area contributed by atoms with Gasteiger partial charge in [-0.15, -0.1) is 0 Å². The molecule has 1 saturated heterocycles. The number of nitrogens with one attached hydrogen (secondary N) is 1. The van der Waals surface area contributed by atoms with Gasteiger partial charge < -0.3 is 10.1 Å². The van der Waals surface area contributed by atoms with Gasteiger partial charge in [0.1, 0.15) is 0 Å². The number of aromatic nitrogens is 2. The summed E-state index contributed by atoms with van der Waals surface area (Å²) < 4.78 is 7.38. The van der Waals surface area contributed by atoms with Crippen molar-refractivity contribution in [2.24, 2.45) is 0 Å². The minimum absolute atomic E-state index is 0.00548. The zero-order chi connectivity index (χ0) is 21.8. The normalized spacial score (nSPS) is 17.0. The fraction of sp³-hybridized carbons (Fsp3) is 0.348. The predicted octanol–water partition coefficient (Wildman–Crippen LogP) is 4.20. The molecule has 0 bridgehead atoms. The van der Waals surface area contributed by atoms with Crippen molar-refractivity contribution in [3.05, 3.63) is 69.5 Å². The van der Waals surface area contributed by atoms with Gasteiger partial charge in [0, 0.05) is 11.6 Å². The van der Waals surface area contributed by atoms with E-state index in [-0.39, 0.29) is 29.4 Å². The topological polar surface area (TPSA) is 73.2 Å². The molecule has 4 rings (SSSR count). The molecule has 3 aromatic rings. The summed E-state index contributed by atoms with van der Waals surface area (Å²) in [5, 5.41) is 4.68. The van der Waals surface area contributed by atoms with E-state index in [1.807, 2.05) is 43.3 Å². The van der Waals surface area contributed by atoms with Crippen molar-refractivity contribution in [1.82, 2.24) is 14.9 Å². The molecule has 0 radical (unpaired) electrons. The molecule has 1 N–H and O–H groups in total. The highest BCUT2D eigenvalue weighted by Crippen LogP contribution is 2.24. The molecule has 1 aliphatic heterocycles. The number of halogens is 1. The largest absolute Gasteiger partial charge is 0.376 e. The molecule has 2 atom stereocenters. The number of rotatable bonds is 7. The highest BCUT2D eigenvalue weighted by Gasteiger charge is 2.21. The van der Waals surface area contributed by atoms with E-state index < -0.39 is 0 Å². The summed E-state index contributed by atoms with van der Waals surface area (Å²) in [7, 11) is 0. The second-order valence-electron chi connectivity index (χ2n) is 7.56. The molecule has 1 aliphatic rings. The summed E-state index contributed by atoms with van der Waals surface area (Å²) in [5.74, 6) is -0.00560. The fourth-order valence-corrected chi connectivity index (χ4v) is 4.85. The van der Waals surface area contributed by atoms with Crippen LogP contribution in [0.5, 0.6) is 0 Å². The summed E-state index contributed by atoms with van der Waals surface area (Å²) in [6, 6.07) is 14.5. The average molecular weight is 458 g/mol. The molecule has 2 heterocycles. The predicted molar refractivity (Wildman–Crippen MR) is 124 cm³/mol. The van der Waals surface area contributed by atoms with Crippen molar-refractivity contribution < 1.29 is 9.53 Å². The van der Waals surface area contributed by atoms with Crippen LogP contribution in [-0.4, -0.2) is 33.9 Å². The lowest BCUT2D eigenvalue weighted by atomic mass is 10.1. The van der Waals surface area contributed by atoms with Crippen LogP contribution in [0.2, 0.25) is 5.02 Å². The number of carbonyl (C=O) groups is 1. The molecule has 1 aromatic heterocycles. The van der Waals surface area contributed by atoms with E-state index in [4.69, 9.17) is 16.3 Å². The monoisotopic (exact) mass is 457 g/mol. The number of ether oxygens (including phenoxy) is 1. The summed E-state index contributed by atoms with van der Waals surface area (Å²) in [5.41, 5.74) is 1.39. The molecule has 2 aromatic carbocycles. The van der Waals surface area contributed by atoms with E-state index in [9.17, 15) is 9.59 Å². The third-order valence-electron chi connectivity index (χ3n) is 5.32. The van der Waals surface area contributed by atoms with Crippen LogP contribution in [0.1, 0.15) is 31.4 Å². The van der Waals surface area contributed by atoms with Crippen LogP contribution in [-0.2, 0) is 16.1 Å². The van der Waals surface area contributed by atoms with Gasteiger partial charge in [-0.05, 0) is 43.5 Å². The first-order chi connectivity index (χ1) is 15.0. The van der Waals surface area contributed by atoms with E-state index in [1.54, 1.807) is 16.7 Å². The van der Waals surface area contributed by atoms with Crippen LogP contribution in [0.15, 0.2) is 58.5 Å². The zero-order valence-corrected chi connectivity index (χ0v) is 18.8. The summed E-state index contributed by atoms with van der Waals surface area (Å²) in [4.78, 5) is 30.4. The van der Waals surface area contributed by atoms with E-state index in [1.165, 1.54) is 11.8 Å². The maximum atomic E-state index is 13.1. The number of carbonyl (C=O) groups excluding carboxylic acids is 1. The van der Waals surface area contributed by atoms with Crippen LogP contribution in [0.3, 0.4) is 0 Å². The average Bonchev–Trinajstić information content (AvgIpc) is 3.28. The fourth-order valence-electron chi connectivity index (χ4n) is 3.73. The Hall–Kier alpha value is -2.35. The number of nitrogens with zero attached hydrogens (tertiary/aromatic N) is 2. The third-order valence-corrected chi connectivity index (χ3v) is 6.64. The lowest BCUT2D eigenvalue weighted by molar-refractivity contribution is -0.119. The molecular weight excluding hydrogens is 434 g/mol. The van der Waals surface area contributed by atoms with Crippen molar-refractivity contribution in [2.75, 3.05) is 12.4 Å². The Bertz CT molecular complexity index is 1140. The zero-order valence-electron chi connectivity index (χ0n) is 17.2. The van der Waals surface area contributed by atoms with Crippen LogP contribution in [0.25, 0.3) is 10.9 Å². The molecule has 1 fully saturated rings. The van der Waals surface area contributed by atoms with Crippen molar-refractivity contribution in [1.29, 1.82) is 0 Å². The van der Waals surface area contributed by atoms with Gasteiger partial charge in [-0.1, -0.05) is 53.7 Å². The van der Waals surface area contributed by atoms with Gasteiger partial charge in [0.25, 0.3) is 5.56 Å². The summed E-state index contributed by atoms with van der Waals surface area (Å²) in [6.45, 7) is 3.05. The minimum Gasteiger partial charge on any atom is -0.376 e. The molecule has 0 spiro atoms. The van der Waals surface area contributed by atoms with Gasteiger partial charge in [-0.2, -0.15) is 0 Å². The second-order valence-corrected chi connectivity index (χ2v) is 8.91. The van der Waals surface area contributed by atoms with Gasteiger partial charge >= 0.3 is 0 Å². The van der Waals surface area contributed by atoms with E-state index >= 15 is 0 Å². The Morgan fingerprint density at radius 2 is 2.06 bits per heavy atom. The lowest BCUT2D eigenvalue weighted by Gasteiger charge is -2.18. The van der Waals surface area contributed by atoms with E-state index in [0.29, 0.717) is 34.2 Å². The lowest BCUT2D eigenvalue weighted by Crippen LogP contribution is -2.31. The molecule has 6 nitrogen and oxygen atoms in total. The minimum atomic E-state index is -0.222. The van der Waals surface area contributed by atoms with E-state index in [0.717, 1.165) is 18.4 Å². The van der Waals surface area contributed by atoms with Crippen molar-refractivity contribution in [3.8, 4) is 0 Å². The molecule has 162 valence electrons. The van der Waals surface area contributed by atoms with Crippen molar-refractivity contribution >= 4 is 40.2 Å². The molecule has 0 aliphatic carbocycles. The molecule has 2 unspecified atom stereocenters. The molecular formula is C23H24ClN3O3S. The number of fused-ring (bicyclic) bond motifs is 1. The Morgan fingerprint density at radius 3 is 2.84 bits per heavy atom. The molecule has 8 heteroatoms. The number of hydrogen-bond donors (Lipinski definition) is 1. The highest BCUT2D eigenvalue weighted by molar-refractivity contribution is 7.99. The molecule has 0 saturated carbocycles. The summed E-state index contributed by atoms with van der Waals surface area (Å²) >= 11 is 7.49. The maximum absolute atomic E-state index is 13.1. The van der Waals surface area contributed by atoms with Gasteiger partial charge in [-0.3, -0.25) is 14.2 Å². The first-order valence-corrected chi connectivity index (χ1v) is 11.7. The van der Waals surface area contributed by atoms with Gasteiger partial charge in [0.2, 0.25) is 5.91 Å². The van der Waals surface area contributed by atoms with Crippen LogP contribution in [0, 0.1) is 0 Å². The SMILES string of the molecule is CC(NC(=O)CSc1nc2ccccc2c(=O)n1CC1CCCO1)c1ccccc1Cl. The number of hydrogen-bond acceptors (Lipinski definition) is 5. The standard InChI is InChI=1S/C23H24ClN3O3S/c1-15(17-8-2-4-10-19(17)24)25-21(28)14-31-23-26-20-11-5-3-9-18(20)22(29)27(23)13-16-7-6-12-30-16/h2-5,8-11,15-16H,6-7,12-14H2,1H3,(H,25,28). The number of benzene rings is 2. The molecule has 1 amide bonds. The Morgan fingerprint density at radius 1 is 1.29 bits per heavy atom. The highest BCUT2D eigenvalue weighted by atomic mass is 35.5. The summed E-state index contributed by atoms with van der Waals surface area (Å²) in [6.07, 6.45) is 1.90. The van der Waals surface area contributed by atoms with Gasteiger partial charge in [-0.25, -0.2) is 4.98 Å². The van der Waals surface area contributed by atoms with Gasteiger partial charge in [0.05, 0.1) is 35.3 Å². The van der Waals surface area contributed by atoms with Crippen LogP contribution in [0.4, 0.5) is 0 Å². The number of thioether (sulfide) groups is 1. The smallest absolute Gasteiger partial charge is 0.262 e. The molecule has 31 heavy (non-hydrogen) atoms. The number of para-hydroxylation sites is 1. The quantitative estimate of drug-likeness (QED) is 0.425. The maximum Gasteiger partial charge on any atom is 0.262 e. The second kappa shape index (κ2) is 9.85. The third kappa shape index (κ3) is 5.11. The van der Waals surface area contributed by atoms with Crippen molar-refractivity contribution in [2.45, 2.75) is 43.6 Å². The van der Waals surface area contributed by atoms with Crippen molar-refractivity contribution in [3.63, 3.8) is 0 Å². The van der Waals surface area contributed by atoms with Crippen LogP contribution >= 0.6 is 23.4 Å². The van der Waals surface area contributed by atoms with E-state index in [2.05, 4.69) is 10.3 Å².